The van der Waals surface area contributed by atoms with Gasteiger partial charge < -0.3 is 19.4 Å². The predicted octanol–water partition coefficient (Wildman–Crippen LogP) is 1.55. The summed E-state index contributed by atoms with van der Waals surface area (Å²) in [5.41, 5.74) is 0.392. The van der Waals surface area contributed by atoms with Gasteiger partial charge in [0, 0.05) is 32.0 Å². The van der Waals surface area contributed by atoms with E-state index in [1.807, 2.05) is 11.6 Å². The monoisotopic (exact) mass is 383 g/mol. The van der Waals surface area contributed by atoms with Crippen molar-refractivity contribution >= 4 is 29.3 Å². The van der Waals surface area contributed by atoms with Crippen molar-refractivity contribution in [3.05, 3.63) is 29.2 Å². The lowest BCUT2D eigenvalue weighted by Gasteiger charge is -2.12. The Morgan fingerprint density at radius 2 is 2.48 bits per heavy atom. The maximum atomic E-state index is 12.2. The number of halogens is 1. The van der Waals surface area contributed by atoms with Crippen LogP contribution >= 0.6 is 23.4 Å². The van der Waals surface area contributed by atoms with E-state index in [-0.39, 0.29) is 12.0 Å². The second kappa shape index (κ2) is 8.50. The number of nitrogens with zero attached hydrogens (tertiary/aromatic N) is 4. The van der Waals surface area contributed by atoms with Crippen molar-refractivity contribution in [2.45, 2.75) is 17.7 Å². The minimum Gasteiger partial charge on any atom is -0.471 e. The molecule has 0 aliphatic carbocycles. The molecule has 1 unspecified atom stereocenters. The van der Waals surface area contributed by atoms with Crippen LogP contribution in [0.25, 0.3) is 0 Å². The first-order chi connectivity index (χ1) is 12.1. The number of carbonyl (C=O) groups is 1. The number of carbonyl (C=O) groups excluding carboxylic acids is 1. The lowest BCUT2D eigenvalue weighted by Crippen LogP contribution is -2.26. The summed E-state index contributed by atoms with van der Waals surface area (Å²) in [5, 5.41) is 11.7. The van der Waals surface area contributed by atoms with Crippen molar-refractivity contribution in [3.8, 4) is 5.88 Å². The van der Waals surface area contributed by atoms with Gasteiger partial charge in [-0.25, -0.2) is 4.98 Å². The molecule has 1 saturated heterocycles. The molecule has 0 radical (unpaired) electrons. The van der Waals surface area contributed by atoms with Crippen molar-refractivity contribution in [2.75, 3.05) is 25.5 Å². The van der Waals surface area contributed by atoms with Gasteiger partial charge in [-0.2, -0.15) is 0 Å². The summed E-state index contributed by atoms with van der Waals surface area (Å²) in [6.45, 7) is 1.70. The smallest absolute Gasteiger partial charge is 0.252 e. The molecule has 0 bridgehead atoms. The summed E-state index contributed by atoms with van der Waals surface area (Å²) in [7, 11) is 1.87. The lowest BCUT2D eigenvalue weighted by atomic mass is 10.2. The zero-order valence-electron chi connectivity index (χ0n) is 13.6. The molecular weight excluding hydrogens is 366 g/mol. The van der Waals surface area contributed by atoms with E-state index in [4.69, 9.17) is 21.1 Å². The summed E-state index contributed by atoms with van der Waals surface area (Å²) in [6.07, 6.45) is 3.86. The molecule has 8 nitrogen and oxygen atoms in total. The number of pyridine rings is 1. The Kier molecular flexibility index (Phi) is 6.11. The van der Waals surface area contributed by atoms with E-state index in [0.717, 1.165) is 11.6 Å². The van der Waals surface area contributed by atoms with Crippen molar-refractivity contribution in [3.63, 3.8) is 0 Å². The molecule has 2 aromatic rings. The fourth-order valence-electron chi connectivity index (χ4n) is 2.21. The summed E-state index contributed by atoms with van der Waals surface area (Å²) in [4.78, 5) is 16.3. The summed E-state index contributed by atoms with van der Waals surface area (Å²) in [6, 6.07) is 1.56. The summed E-state index contributed by atoms with van der Waals surface area (Å²) in [5.74, 6) is 0.776. The molecular formula is C15H18ClN5O3S. The van der Waals surface area contributed by atoms with Crippen LogP contribution in [0.3, 0.4) is 0 Å². The van der Waals surface area contributed by atoms with Crippen LogP contribution in [0.1, 0.15) is 16.8 Å². The molecule has 1 aliphatic rings. The minimum absolute atomic E-state index is 0.0395. The Balaban J connectivity index is 1.48. The zero-order chi connectivity index (χ0) is 17.6. The number of aromatic nitrogens is 4. The number of nitrogens with one attached hydrogen (secondary N) is 1. The van der Waals surface area contributed by atoms with Crippen LogP contribution in [0.15, 0.2) is 23.7 Å². The quantitative estimate of drug-likeness (QED) is 0.573. The van der Waals surface area contributed by atoms with Crippen molar-refractivity contribution in [1.29, 1.82) is 0 Å². The second-order valence-corrected chi connectivity index (χ2v) is 6.91. The van der Waals surface area contributed by atoms with E-state index in [9.17, 15) is 4.79 Å². The highest BCUT2D eigenvalue weighted by atomic mass is 35.5. The largest absolute Gasteiger partial charge is 0.471 e. The number of ether oxygens (including phenoxy) is 2. The lowest BCUT2D eigenvalue weighted by molar-refractivity contribution is 0.0955. The Bertz CT molecular complexity index is 736. The first-order valence-corrected chi connectivity index (χ1v) is 9.15. The second-order valence-electron chi connectivity index (χ2n) is 5.44. The van der Waals surface area contributed by atoms with Gasteiger partial charge >= 0.3 is 0 Å². The normalized spacial score (nSPS) is 16.8. The molecule has 1 amide bonds. The number of amides is 1. The number of thioether (sulfide) groups is 1. The molecule has 1 N–H and O–H groups in total. The van der Waals surface area contributed by atoms with Crippen LogP contribution < -0.4 is 10.1 Å². The van der Waals surface area contributed by atoms with Gasteiger partial charge in [0.2, 0.25) is 5.88 Å². The third kappa shape index (κ3) is 4.83. The Labute approximate surface area is 154 Å². The average Bonchev–Trinajstić information content (AvgIpc) is 3.25. The third-order valence-corrected chi connectivity index (χ3v) is 4.83. The van der Waals surface area contributed by atoms with Gasteiger partial charge in [-0.1, -0.05) is 23.4 Å². The number of hydrogen-bond donors (Lipinski definition) is 1. The van der Waals surface area contributed by atoms with Crippen LogP contribution in [-0.4, -0.2) is 57.3 Å². The van der Waals surface area contributed by atoms with Crippen LogP contribution in [0.4, 0.5) is 0 Å². The maximum absolute atomic E-state index is 12.2. The molecule has 0 spiro atoms. The molecule has 1 aliphatic heterocycles. The SMILES string of the molecule is Cn1cnnc1SCCNC(=O)c1cnc(OC2CCOC2)c(Cl)c1. The number of hydrogen-bond acceptors (Lipinski definition) is 7. The van der Waals surface area contributed by atoms with Gasteiger partial charge in [-0.05, 0) is 6.07 Å². The molecule has 0 aromatic carbocycles. The Morgan fingerprint density at radius 3 is 3.16 bits per heavy atom. The van der Waals surface area contributed by atoms with Crippen LogP contribution in [0.5, 0.6) is 5.88 Å². The third-order valence-electron chi connectivity index (χ3n) is 3.52. The molecule has 25 heavy (non-hydrogen) atoms. The predicted molar refractivity (Wildman–Crippen MR) is 93.2 cm³/mol. The van der Waals surface area contributed by atoms with E-state index in [1.54, 1.807) is 12.4 Å². The number of rotatable bonds is 7. The van der Waals surface area contributed by atoms with Crippen molar-refractivity contribution < 1.29 is 14.3 Å². The fourth-order valence-corrected chi connectivity index (χ4v) is 3.17. The highest BCUT2D eigenvalue weighted by Crippen LogP contribution is 2.25. The zero-order valence-corrected chi connectivity index (χ0v) is 15.2. The van der Waals surface area contributed by atoms with Crippen LogP contribution in [-0.2, 0) is 11.8 Å². The Hall–Kier alpha value is -1.84. The van der Waals surface area contributed by atoms with Gasteiger partial charge in [0.05, 0.1) is 18.8 Å². The van der Waals surface area contributed by atoms with Gasteiger partial charge in [0.25, 0.3) is 5.91 Å². The molecule has 1 atom stereocenters. The Morgan fingerprint density at radius 1 is 1.60 bits per heavy atom. The summed E-state index contributed by atoms with van der Waals surface area (Å²) < 4.78 is 12.7. The van der Waals surface area contributed by atoms with Crippen LogP contribution in [0, 0.1) is 0 Å². The van der Waals surface area contributed by atoms with Gasteiger partial charge in [-0.15, -0.1) is 10.2 Å². The van der Waals surface area contributed by atoms with Gasteiger partial charge in [-0.3, -0.25) is 4.79 Å². The summed E-state index contributed by atoms with van der Waals surface area (Å²) >= 11 is 7.68. The van der Waals surface area contributed by atoms with Gasteiger partial charge in [0.15, 0.2) is 5.16 Å². The van der Waals surface area contributed by atoms with E-state index < -0.39 is 0 Å². The first kappa shape index (κ1) is 18.0. The molecule has 134 valence electrons. The topological polar surface area (TPSA) is 91.2 Å². The minimum atomic E-state index is -0.233. The van der Waals surface area contributed by atoms with Gasteiger partial charge in [0.1, 0.15) is 17.5 Å². The molecule has 0 saturated carbocycles. The fraction of sp³-hybridized carbons (Fsp3) is 0.467. The van der Waals surface area contributed by atoms with Crippen molar-refractivity contribution in [1.82, 2.24) is 25.1 Å². The van der Waals surface area contributed by atoms with E-state index in [1.165, 1.54) is 18.0 Å². The maximum Gasteiger partial charge on any atom is 0.252 e. The number of aryl methyl sites for hydroxylation is 1. The first-order valence-electron chi connectivity index (χ1n) is 7.78. The van der Waals surface area contributed by atoms with Crippen molar-refractivity contribution in [2.24, 2.45) is 7.05 Å². The van der Waals surface area contributed by atoms with E-state index >= 15 is 0 Å². The standard InChI is InChI=1S/C15H18ClN5O3S/c1-21-9-19-20-15(21)25-5-3-17-13(22)10-6-12(16)14(18-7-10)24-11-2-4-23-8-11/h6-7,9,11H,2-5,8H2,1H3,(H,17,22). The van der Waals surface area contributed by atoms with E-state index in [2.05, 4.69) is 20.5 Å². The molecule has 3 heterocycles. The average molecular weight is 384 g/mol. The highest BCUT2D eigenvalue weighted by Gasteiger charge is 2.20. The molecule has 2 aromatic heterocycles. The molecule has 3 rings (SSSR count). The molecule has 1 fully saturated rings. The highest BCUT2D eigenvalue weighted by molar-refractivity contribution is 7.99. The van der Waals surface area contributed by atoms with Crippen LogP contribution in [0.2, 0.25) is 5.02 Å². The molecule has 10 heteroatoms. The van der Waals surface area contributed by atoms with E-state index in [0.29, 0.717) is 42.0 Å².